The smallest absolute Gasteiger partial charge is 0.325 e. The minimum Gasteiger partial charge on any atom is -0.504 e. The van der Waals surface area contributed by atoms with Crippen molar-refractivity contribution in [1.82, 2.24) is 0 Å². The molecule has 1 aliphatic heterocycles. The molecule has 0 saturated heterocycles. The lowest BCUT2D eigenvalue weighted by molar-refractivity contribution is 0.0831. The number of aliphatic hydroxyl groups is 3. The topological polar surface area (TPSA) is 90.2 Å². The molecule has 5 nitrogen and oxygen atoms in total. The van der Waals surface area contributed by atoms with Gasteiger partial charge >= 0.3 is 5.95 Å². The third-order valence-electron chi connectivity index (χ3n) is 2.00. The monoisotopic (exact) mass is 196 g/mol. The number of phenols is 1. The summed E-state index contributed by atoms with van der Waals surface area (Å²) in [7, 11) is 0. The van der Waals surface area contributed by atoms with Crippen molar-refractivity contribution in [2.45, 2.75) is 6.10 Å². The number of aliphatic hydroxyl groups excluding tert-OH is 3. The second-order valence-corrected chi connectivity index (χ2v) is 2.89. The fourth-order valence-electron chi connectivity index (χ4n) is 1.28. The van der Waals surface area contributed by atoms with Crippen molar-refractivity contribution >= 4 is 0 Å². The number of phenolic OH excluding ortho intramolecular Hbond substituents is 1. The van der Waals surface area contributed by atoms with Crippen LogP contribution in [-0.2, 0) is 0 Å². The van der Waals surface area contributed by atoms with Crippen LogP contribution in [0, 0.1) is 0 Å². The number of aromatic hydroxyl groups is 1. The van der Waals surface area contributed by atoms with Crippen molar-refractivity contribution in [2.24, 2.45) is 0 Å². The standard InChI is InChI=1S/C9H8O5/c10-5-3-1-2-4-6(11)7(12)9(13)14-8(4)5/h1-3,6,10-13H. The molecule has 74 valence electrons. The van der Waals surface area contributed by atoms with Crippen molar-refractivity contribution in [3.05, 3.63) is 35.5 Å². The maximum atomic E-state index is 9.47. The number of rotatable bonds is 0. The molecule has 4 N–H and O–H groups in total. The zero-order chi connectivity index (χ0) is 10.3. The quantitative estimate of drug-likeness (QED) is 0.499. The van der Waals surface area contributed by atoms with Crippen LogP contribution < -0.4 is 4.74 Å². The van der Waals surface area contributed by atoms with Crippen molar-refractivity contribution < 1.29 is 25.2 Å². The van der Waals surface area contributed by atoms with Gasteiger partial charge in [-0.3, -0.25) is 0 Å². The molecule has 5 heteroatoms. The number of fused-ring (bicyclic) bond motifs is 1. The first-order valence-electron chi connectivity index (χ1n) is 3.91. The first-order valence-corrected chi connectivity index (χ1v) is 3.91. The Hall–Kier alpha value is -1.88. The molecule has 0 bridgehead atoms. The molecule has 0 saturated carbocycles. The van der Waals surface area contributed by atoms with E-state index in [0.717, 1.165) is 0 Å². The van der Waals surface area contributed by atoms with Gasteiger partial charge in [-0.15, -0.1) is 0 Å². The largest absolute Gasteiger partial charge is 0.504 e. The molecule has 1 unspecified atom stereocenters. The SMILES string of the molecule is OC1=C(O)C(O)c2cccc(O)c2O1. The molecule has 0 radical (unpaired) electrons. The summed E-state index contributed by atoms with van der Waals surface area (Å²) in [6, 6.07) is 4.32. The van der Waals surface area contributed by atoms with Gasteiger partial charge in [-0.2, -0.15) is 0 Å². The van der Waals surface area contributed by atoms with Gasteiger partial charge < -0.3 is 25.2 Å². The van der Waals surface area contributed by atoms with Gasteiger partial charge in [-0.25, -0.2) is 0 Å². The average Bonchev–Trinajstić information content (AvgIpc) is 2.17. The van der Waals surface area contributed by atoms with Gasteiger partial charge in [0.15, 0.2) is 11.5 Å². The lowest BCUT2D eigenvalue weighted by atomic mass is 10.0. The van der Waals surface area contributed by atoms with Gasteiger partial charge in [-0.05, 0) is 6.07 Å². The maximum Gasteiger partial charge on any atom is 0.325 e. The third-order valence-corrected chi connectivity index (χ3v) is 2.00. The molecule has 14 heavy (non-hydrogen) atoms. The van der Waals surface area contributed by atoms with Crippen molar-refractivity contribution in [3.8, 4) is 11.5 Å². The van der Waals surface area contributed by atoms with Crippen LogP contribution in [-0.4, -0.2) is 20.4 Å². The molecule has 0 spiro atoms. The number of ether oxygens (including phenoxy) is 1. The fraction of sp³-hybridized carbons (Fsp3) is 0.111. The zero-order valence-electron chi connectivity index (χ0n) is 7.01. The van der Waals surface area contributed by atoms with Crippen LogP contribution in [0.2, 0.25) is 0 Å². The summed E-state index contributed by atoms with van der Waals surface area (Å²) in [4.78, 5) is 0. The summed E-state index contributed by atoms with van der Waals surface area (Å²) in [6.45, 7) is 0. The van der Waals surface area contributed by atoms with E-state index in [9.17, 15) is 10.2 Å². The Morgan fingerprint density at radius 1 is 1.14 bits per heavy atom. The van der Waals surface area contributed by atoms with E-state index in [1.54, 1.807) is 0 Å². The van der Waals surface area contributed by atoms with Crippen LogP contribution in [0.5, 0.6) is 11.5 Å². The summed E-state index contributed by atoms with van der Waals surface area (Å²) in [6.07, 6.45) is -1.37. The zero-order valence-corrected chi connectivity index (χ0v) is 7.01. The Bertz CT molecular complexity index is 410. The molecule has 1 atom stereocenters. The molecule has 0 aliphatic carbocycles. The average molecular weight is 196 g/mol. The molecule has 0 aromatic heterocycles. The Balaban J connectivity index is 2.59. The first-order chi connectivity index (χ1) is 6.61. The predicted octanol–water partition coefficient (Wildman–Crippen LogP) is 1.10. The van der Waals surface area contributed by atoms with Crippen molar-refractivity contribution in [3.63, 3.8) is 0 Å². The lowest BCUT2D eigenvalue weighted by Gasteiger charge is -2.21. The molecule has 2 rings (SSSR count). The Morgan fingerprint density at radius 2 is 1.86 bits per heavy atom. The Kier molecular flexibility index (Phi) is 1.75. The molecular weight excluding hydrogens is 188 g/mol. The maximum absolute atomic E-state index is 9.47. The summed E-state index contributed by atoms with van der Waals surface area (Å²) >= 11 is 0. The molecule has 1 heterocycles. The number of para-hydroxylation sites is 1. The van der Waals surface area contributed by atoms with Crippen molar-refractivity contribution in [1.29, 1.82) is 0 Å². The lowest BCUT2D eigenvalue weighted by Crippen LogP contribution is -2.15. The van der Waals surface area contributed by atoms with E-state index in [0.29, 0.717) is 0 Å². The fourth-order valence-corrected chi connectivity index (χ4v) is 1.28. The van der Waals surface area contributed by atoms with Crippen LogP contribution in [0.4, 0.5) is 0 Å². The van der Waals surface area contributed by atoms with Gasteiger partial charge in [0.2, 0.25) is 5.76 Å². The second-order valence-electron chi connectivity index (χ2n) is 2.89. The van der Waals surface area contributed by atoms with Gasteiger partial charge in [0.1, 0.15) is 6.10 Å². The van der Waals surface area contributed by atoms with Gasteiger partial charge in [0, 0.05) is 5.56 Å². The second kappa shape index (κ2) is 2.81. The van der Waals surface area contributed by atoms with E-state index < -0.39 is 17.8 Å². The molecule has 1 aromatic rings. The summed E-state index contributed by atoms with van der Waals surface area (Å²) in [5.74, 6) is -1.72. The minimum absolute atomic E-state index is 0.0460. The number of benzene rings is 1. The van der Waals surface area contributed by atoms with E-state index in [1.807, 2.05) is 0 Å². The molecule has 1 aliphatic rings. The highest BCUT2D eigenvalue weighted by Crippen LogP contribution is 2.40. The van der Waals surface area contributed by atoms with E-state index in [1.165, 1.54) is 18.2 Å². The number of hydrogen-bond acceptors (Lipinski definition) is 5. The minimum atomic E-state index is -1.37. The number of hydrogen-bond donors (Lipinski definition) is 4. The highest BCUT2D eigenvalue weighted by Gasteiger charge is 2.29. The van der Waals surface area contributed by atoms with Crippen LogP contribution in [0.3, 0.4) is 0 Å². The van der Waals surface area contributed by atoms with Crippen LogP contribution >= 0.6 is 0 Å². The van der Waals surface area contributed by atoms with Gasteiger partial charge in [-0.1, -0.05) is 12.1 Å². The Morgan fingerprint density at radius 3 is 2.57 bits per heavy atom. The highest BCUT2D eigenvalue weighted by atomic mass is 16.6. The van der Waals surface area contributed by atoms with Gasteiger partial charge in [0.25, 0.3) is 0 Å². The molecule has 0 amide bonds. The summed E-state index contributed by atoms with van der Waals surface area (Å²) in [5, 5.41) is 37.0. The highest BCUT2D eigenvalue weighted by molar-refractivity contribution is 5.50. The van der Waals surface area contributed by atoms with Gasteiger partial charge in [0.05, 0.1) is 0 Å². The Labute approximate surface area is 79.1 Å². The first kappa shape index (κ1) is 8.71. The molecular formula is C9H8O5. The molecule has 0 fully saturated rings. The third kappa shape index (κ3) is 1.06. The summed E-state index contributed by atoms with van der Waals surface area (Å²) in [5.41, 5.74) is 0.209. The normalized spacial score (nSPS) is 20.2. The van der Waals surface area contributed by atoms with Crippen LogP contribution in [0.15, 0.2) is 29.9 Å². The van der Waals surface area contributed by atoms with Crippen LogP contribution in [0.25, 0.3) is 0 Å². The van der Waals surface area contributed by atoms with E-state index in [2.05, 4.69) is 0 Å². The van der Waals surface area contributed by atoms with E-state index in [4.69, 9.17) is 14.9 Å². The predicted molar refractivity (Wildman–Crippen MR) is 46.0 cm³/mol. The van der Waals surface area contributed by atoms with Crippen LogP contribution in [0.1, 0.15) is 11.7 Å². The summed E-state index contributed by atoms with van der Waals surface area (Å²) < 4.78 is 4.72. The molecule has 1 aromatic carbocycles. The van der Waals surface area contributed by atoms with E-state index in [-0.39, 0.29) is 17.1 Å². The van der Waals surface area contributed by atoms with Crippen molar-refractivity contribution in [2.75, 3.05) is 0 Å². The van der Waals surface area contributed by atoms with E-state index >= 15 is 0 Å².